The molecule has 0 amide bonds. The smallest absolute Gasteiger partial charge is 0.170 e. The Balaban J connectivity index is 3.13. The standard InChI is InChI=1S/C11H13NO4S/c1-17(15,16)7-8-4-2-3-5-9(8)11(14)10(13)6-12/h2-5,10-11,13-14H,7H2,1H3. The van der Waals surface area contributed by atoms with Crippen molar-refractivity contribution in [3.63, 3.8) is 0 Å². The second-order valence-corrected chi connectivity index (χ2v) is 5.93. The van der Waals surface area contributed by atoms with E-state index in [1.165, 1.54) is 12.1 Å². The Morgan fingerprint density at radius 3 is 2.47 bits per heavy atom. The molecule has 0 bridgehead atoms. The van der Waals surface area contributed by atoms with E-state index in [4.69, 9.17) is 5.26 Å². The minimum absolute atomic E-state index is 0.238. The highest BCUT2D eigenvalue weighted by Crippen LogP contribution is 2.22. The van der Waals surface area contributed by atoms with Crippen molar-refractivity contribution in [3.05, 3.63) is 35.4 Å². The van der Waals surface area contributed by atoms with Crippen molar-refractivity contribution in [3.8, 4) is 6.07 Å². The number of hydrogen-bond donors (Lipinski definition) is 2. The fraction of sp³-hybridized carbons (Fsp3) is 0.364. The molecule has 1 rings (SSSR count). The molecule has 0 aliphatic heterocycles. The van der Waals surface area contributed by atoms with E-state index in [1.807, 2.05) is 0 Å². The van der Waals surface area contributed by atoms with Crippen LogP contribution in [0.2, 0.25) is 0 Å². The predicted molar refractivity (Wildman–Crippen MR) is 61.6 cm³/mol. The summed E-state index contributed by atoms with van der Waals surface area (Å²) in [5, 5.41) is 27.5. The minimum Gasteiger partial charge on any atom is -0.385 e. The van der Waals surface area contributed by atoms with Gasteiger partial charge in [0.15, 0.2) is 15.9 Å². The van der Waals surface area contributed by atoms with Crippen LogP contribution in [-0.4, -0.2) is 31.0 Å². The molecule has 17 heavy (non-hydrogen) atoms. The van der Waals surface area contributed by atoms with E-state index in [2.05, 4.69) is 0 Å². The zero-order chi connectivity index (χ0) is 13.1. The molecule has 0 aliphatic carbocycles. The van der Waals surface area contributed by atoms with Crippen LogP contribution in [0.1, 0.15) is 17.2 Å². The Morgan fingerprint density at radius 2 is 1.94 bits per heavy atom. The van der Waals surface area contributed by atoms with Crippen LogP contribution in [0.25, 0.3) is 0 Å². The number of nitriles is 1. The van der Waals surface area contributed by atoms with E-state index in [1.54, 1.807) is 18.2 Å². The molecule has 0 radical (unpaired) electrons. The van der Waals surface area contributed by atoms with Gasteiger partial charge in [-0.15, -0.1) is 0 Å². The van der Waals surface area contributed by atoms with Gasteiger partial charge in [-0.25, -0.2) is 8.42 Å². The first kappa shape index (κ1) is 13.6. The summed E-state index contributed by atoms with van der Waals surface area (Å²) in [6.45, 7) is 0. The second kappa shape index (κ2) is 5.27. The maximum atomic E-state index is 11.2. The molecule has 0 saturated heterocycles. The first-order chi connectivity index (χ1) is 7.85. The number of benzene rings is 1. The van der Waals surface area contributed by atoms with Crippen LogP contribution in [0, 0.1) is 11.3 Å². The van der Waals surface area contributed by atoms with Crippen molar-refractivity contribution in [2.24, 2.45) is 0 Å². The highest BCUT2D eigenvalue weighted by atomic mass is 32.2. The monoisotopic (exact) mass is 255 g/mol. The van der Waals surface area contributed by atoms with Crippen molar-refractivity contribution in [2.45, 2.75) is 18.0 Å². The largest absolute Gasteiger partial charge is 0.385 e. The van der Waals surface area contributed by atoms with Crippen LogP contribution >= 0.6 is 0 Å². The van der Waals surface area contributed by atoms with Gasteiger partial charge in [-0.2, -0.15) is 5.26 Å². The molecule has 2 unspecified atom stereocenters. The van der Waals surface area contributed by atoms with Crippen LogP contribution in [-0.2, 0) is 15.6 Å². The molecule has 0 saturated carbocycles. The van der Waals surface area contributed by atoms with E-state index in [0.717, 1.165) is 6.26 Å². The zero-order valence-electron chi connectivity index (χ0n) is 9.24. The third-order valence-electron chi connectivity index (χ3n) is 2.22. The third-order valence-corrected chi connectivity index (χ3v) is 3.06. The van der Waals surface area contributed by atoms with Gasteiger partial charge in [-0.1, -0.05) is 24.3 Å². The predicted octanol–water partition coefficient (Wildman–Crippen LogP) is 0.149. The number of aliphatic hydroxyl groups excluding tert-OH is 2. The third kappa shape index (κ3) is 3.82. The van der Waals surface area contributed by atoms with Gasteiger partial charge < -0.3 is 10.2 Å². The average Bonchev–Trinajstić information content (AvgIpc) is 2.25. The average molecular weight is 255 g/mol. The molecule has 0 heterocycles. The molecular formula is C11H13NO4S. The number of rotatable bonds is 4. The lowest BCUT2D eigenvalue weighted by atomic mass is 10.0. The van der Waals surface area contributed by atoms with E-state index in [-0.39, 0.29) is 11.3 Å². The van der Waals surface area contributed by atoms with Crippen LogP contribution in [0.5, 0.6) is 0 Å². The molecule has 92 valence electrons. The number of sulfone groups is 1. The van der Waals surface area contributed by atoms with Crippen molar-refractivity contribution < 1.29 is 18.6 Å². The van der Waals surface area contributed by atoms with Crippen molar-refractivity contribution in [1.82, 2.24) is 0 Å². The molecule has 0 aromatic heterocycles. The molecule has 2 N–H and O–H groups in total. The van der Waals surface area contributed by atoms with Crippen LogP contribution in [0.4, 0.5) is 0 Å². The fourth-order valence-electron chi connectivity index (χ4n) is 1.48. The molecule has 1 aromatic carbocycles. The van der Waals surface area contributed by atoms with E-state index < -0.39 is 22.0 Å². The zero-order valence-corrected chi connectivity index (χ0v) is 10.1. The Bertz CT molecular complexity index is 533. The molecule has 0 aliphatic rings. The lowest BCUT2D eigenvalue weighted by molar-refractivity contribution is 0.0523. The molecule has 0 spiro atoms. The Labute approximate surface area is 99.9 Å². The van der Waals surface area contributed by atoms with Gasteiger partial charge in [-0.3, -0.25) is 0 Å². The molecule has 6 heteroatoms. The van der Waals surface area contributed by atoms with Crippen LogP contribution in [0.15, 0.2) is 24.3 Å². The number of aliphatic hydroxyl groups is 2. The minimum atomic E-state index is -3.24. The highest BCUT2D eigenvalue weighted by Gasteiger charge is 2.21. The van der Waals surface area contributed by atoms with Crippen molar-refractivity contribution in [2.75, 3.05) is 6.26 Å². The van der Waals surface area contributed by atoms with Gasteiger partial charge in [0, 0.05) is 6.26 Å². The van der Waals surface area contributed by atoms with Gasteiger partial charge in [0.25, 0.3) is 0 Å². The van der Waals surface area contributed by atoms with Gasteiger partial charge in [0.2, 0.25) is 0 Å². The molecular weight excluding hydrogens is 242 g/mol. The summed E-state index contributed by atoms with van der Waals surface area (Å²) in [6, 6.07) is 7.79. The maximum absolute atomic E-state index is 11.2. The lowest BCUT2D eigenvalue weighted by Gasteiger charge is -2.15. The highest BCUT2D eigenvalue weighted by molar-refractivity contribution is 7.89. The summed E-state index contributed by atoms with van der Waals surface area (Å²) in [5.41, 5.74) is 0.642. The first-order valence-corrected chi connectivity index (χ1v) is 6.92. The van der Waals surface area contributed by atoms with Crippen LogP contribution < -0.4 is 0 Å². The summed E-state index contributed by atoms with van der Waals surface area (Å²) in [5.74, 6) is -0.238. The molecule has 2 atom stereocenters. The van der Waals surface area contributed by atoms with Crippen molar-refractivity contribution in [1.29, 1.82) is 5.26 Å². The van der Waals surface area contributed by atoms with Gasteiger partial charge >= 0.3 is 0 Å². The summed E-state index contributed by atoms with van der Waals surface area (Å²) < 4.78 is 22.4. The number of hydrogen-bond acceptors (Lipinski definition) is 5. The van der Waals surface area contributed by atoms with E-state index in [9.17, 15) is 18.6 Å². The number of nitrogens with zero attached hydrogens (tertiary/aromatic N) is 1. The molecule has 1 aromatic rings. The fourth-order valence-corrected chi connectivity index (χ4v) is 2.31. The summed E-state index contributed by atoms with van der Waals surface area (Å²) in [7, 11) is -3.24. The van der Waals surface area contributed by atoms with Gasteiger partial charge in [-0.05, 0) is 11.1 Å². The topological polar surface area (TPSA) is 98.4 Å². The normalized spacial score (nSPS) is 14.9. The Hall–Kier alpha value is -1.42. The summed E-state index contributed by atoms with van der Waals surface area (Å²) in [4.78, 5) is 0. The van der Waals surface area contributed by atoms with Crippen molar-refractivity contribution >= 4 is 9.84 Å². The Morgan fingerprint density at radius 1 is 1.35 bits per heavy atom. The van der Waals surface area contributed by atoms with Gasteiger partial charge in [0.1, 0.15) is 6.10 Å². The molecule has 0 fully saturated rings. The SMILES string of the molecule is CS(=O)(=O)Cc1ccccc1C(O)C(O)C#N. The summed E-state index contributed by atoms with van der Waals surface area (Å²) >= 11 is 0. The van der Waals surface area contributed by atoms with Crippen LogP contribution in [0.3, 0.4) is 0 Å². The maximum Gasteiger partial charge on any atom is 0.170 e. The lowest BCUT2D eigenvalue weighted by Crippen LogP contribution is -2.18. The summed E-state index contributed by atoms with van der Waals surface area (Å²) in [6.07, 6.45) is -1.90. The van der Waals surface area contributed by atoms with E-state index in [0.29, 0.717) is 5.56 Å². The van der Waals surface area contributed by atoms with Gasteiger partial charge in [0.05, 0.1) is 11.8 Å². The first-order valence-electron chi connectivity index (χ1n) is 4.86. The second-order valence-electron chi connectivity index (χ2n) is 3.79. The quantitative estimate of drug-likeness (QED) is 0.746. The Kier molecular flexibility index (Phi) is 4.23. The van der Waals surface area contributed by atoms with E-state index >= 15 is 0 Å². The molecule has 5 nitrogen and oxygen atoms in total.